The SMILES string of the molecule is CC(C)c1c(C(=O)N2CCC(N3CCC(O)CC3)CC2)cnn1-c1nccc(-c2ccccc2F)n1. The molecule has 0 saturated carbocycles. The van der Waals surface area contributed by atoms with Crippen LogP contribution in [0.3, 0.4) is 0 Å². The number of piperidine rings is 2. The first-order chi connectivity index (χ1) is 17.4. The summed E-state index contributed by atoms with van der Waals surface area (Å²) in [6, 6.07) is 8.62. The van der Waals surface area contributed by atoms with Crippen molar-refractivity contribution in [1.29, 1.82) is 0 Å². The molecule has 2 fully saturated rings. The molecule has 0 unspecified atom stereocenters. The lowest BCUT2D eigenvalue weighted by Crippen LogP contribution is -2.49. The molecular weight excluding hydrogens is 459 g/mol. The number of aromatic nitrogens is 4. The summed E-state index contributed by atoms with van der Waals surface area (Å²) in [4.78, 5) is 26.9. The van der Waals surface area contributed by atoms with E-state index in [1.807, 2.05) is 18.7 Å². The van der Waals surface area contributed by atoms with Gasteiger partial charge in [0.05, 0.1) is 29.3 Å². The molecule has 1 aromatic carbocycles. The van der Waals surface area contributed by atoms with Gasteiger partial charge in [0.15, 0.2) is 0 Å². The number of rotatable bonds is 5. The van der Waals surface area contributed by atoms with Gasteiger partial charge in [-0.25, -0.2) is 19.0 Å². The Morgan fingerprint density at radius 1 is 1.06 bits per heavy atom. The minimum atomic E-state index is -0.355. The van der Waals surface area contributed by atoms with Crippen molar-refractivity contribution in [1.82, 2.24) is 29.5 Å². The van der Waals surface area contributed by atoms with Crippen LogP contribution >= 0.6 is 0 Å². The maximum atomic E-state index is 14.3. The summed E-state index contributed by atoms with van der Waals surface area (Å²) in [5, 5.41) is 14.3. The van der Waals surface area contributed by atoms with E-state index in [4.69, 9.17) is 0 Å². The van der Waals surface area contributed by atoms with Crippen molar-refractivity contribution in [3.63, 3.8) is 0 Å². The lowest BCUT2D eigenvalue weighted by molar-refractivity contribution is 0.0356. The molecule has 2 aliphatic rings. The van der Waals surface area contributed by atoms with Crippen LogP contribution in [0.25, 0.3) is 17.2 Å². The van der Waals surface area contributed by atoms with E-state index in [9.17, 15) is 14.3 Å². The number of hydrogen-bond donors (Lipinski definition) is 1. The molecule has 2 aliphatic heterocycles. The van der Waals surface area contributed by atoms with Gasteiger partial charge in [-0.3, -0.25) is 4.79 Å². The van der Waals surface area contributed by atoms with E-state index in [1.54, 1.807) is 41.3 Å². The van der Waals surface area contributed by atoms with Gasteiger partial charge in [0.25, 0.3) is 11.9 Å². The number of nitrogens with zero attached hydrogens (tertiary/aromatic N) is 6. The fourth-order valence-corrected chi connectivity index (χ4v) is 5.36. The third kappa shape index (κ3) is 4.90. The average molecular weight is 493 g/mol. The Morgan fingerprint density at radius 3 is 2.47 bits per heavy atom. The van der Waals surface area contributed by atoms with Crippen LogP contribution in [0.4, 0.5) is 4.39 Å². The second kappa shape index (κ2) is 10.4. The Hall–Kier alpha value is -3.17. The fourth-order valence-electron chi connectivity index (χ4n) is 5.36. The van der Waals surface area contributed by atoms with Gasteiger partial charge in [0.1, 0.15) is 5.82 Å². The van der Waals surface area contributed by atoms with Crippen LogP contribution in [0.15, 0.2) is 42.7 Å². The zero-order valence-corrected chi connectivity index (χ0v) is 20.8. The third-order valence-electron chi connectivity index (χ3n) is 7.33. The molecule has 0 radical (unpaired) electrons. The Bertz CT molecular complexity index is 1210. The predicted octanol–water partition coefficient (Wildman–Crippen LogP) is 3.65. The molecule has 3 aromatic rings. The molecule has 4 heterocycles. The van der Waals surface area contributed by atoms with Gasteiger partial charge in [-0.15, -0.1) is 0 Å². The first kappa shape index (κ1) is 24.5. The normalized spacial score (nSPS) is 18.2. The summed E-state index contributed by atoms with van der Waals surface area (Å²) in [6.07, 6.45) is 6.54. The van der Waals surface area contributed by atoms with Crippen molar-refractivity contribution < 1.29 is 14.3 Å². The monoisotopic (exact) mass is 492 g/mol. The summed E-state index contributed by atoms with van der Waals surface area (Å²) >= 11 is 0. The molecule has 1 amide bonds. The van der Waals surface area contributed by atoms with Crippen molar-refractivity contribution in [3.05, 3.63) is 59.8 Å². The van der Waals surface area contributed by atoms with Crippen LogP contribution in [0.2, 0.25) is 0 Å². The van der Waals surface area contributed by atoms with Gasteiger partial charge in [0, 0.05) is 44.0 Å². The molecule has 9 heteroatoms. The minimum absolute atomic E-state index is 0.00415. The summed E-state index contributed by atoms with van der Waals surface area (Å²) in [5.74, 6) is -0.0663. The number of aliphatic hydroxyl groups is 1. The molecule has 190 valence electrons. The van der Waals surface area contributed by atoms with Crippen molar-refractivity contribution in [2.75, 3.05) is 26.2 Å². The van der Waals surface area contributed by atoms with E-state index >= 15 is 0 Å². The quantitative estimate of drug-likeness (QED) is 0.585. The van der Waals surface area contributed by atoms with Crippen LogP contribution < -0.4 is 0 Å². The van der Waals surface area contributed by atoms with Crippen molar-refractivity contribution >= 4 is 5.91 Å². The number of carbonyl (C=O) groups excluding carboxylic acids is 1. The number of amides is 1. The molecule has 5 rings (SSSR count). The van der Waals surface area contributed by atoms with E-state index in [0.29, 0.717) is 41.9 Å². The molecular formula is C27H33FN6O2. The molecule has 2 aromatic heterocycles. The van der Waals surface area contributed by atoms with Crippen molar-refractivity contribution in [2.24, 2.45) is 0 Å². The smallest absolute Gasteiger partial charge is 0.257 e. The highest BCUT2D eigenvalue weighted by Crippen LogP contribution is 2.27. The molecule has 0 bridgehead atoms. The largest absolute Gasteiger partial charge is 0.393 e. The predicted molar refractivity (Wildman–Crippen MR) is 134 cm³/mol. The zero-order valence-electron chi connectivity index (χ0n) is 20.8. The third-order valence-corrected chi connectivity index (χ3v) is 7.33. The standard InChI is InChI=1S/C27H33FN6O2/c1-18(2)25-22(26(36)33-13-8-19(9-14-33)32-15-10-20(35)11-16-32)17-30-34(25)27-29-12-7-24(31-27)21-5-3-4-6-23(21)28/h3-7,12,17-20,35H,8-11,13-16H2,1-2H3. The highest BCUT2D eigenvalue weighted by atomic mass is 19.1. The topological polar surface area (TPSA) is 87.4 Å². The van der Waals surface area contributed by atoms with Crippen LogP contribution in [0.1, 0.15) is 61.5 Å². The highest BCUT2D eigenvalue weighted by Gasteiger charge is 2.32. The minimum Gasteiger partial charge on any atom is -0.393 e. The number of carbonyl (C=O) groups is 1. The van der Waals surface area contributed by atoms with Crippen LogP contribution in [0.5, 0.6) is 0 Å². The molecule has 0 atom stereocenters. The number of likely N-dealkylation sites (tertiary alicyclic amines) is 2. The average Bonchev–Trinajstić information content (AvgIpc) is 3.35. The van der Waals surface area contributed by atoms with Gasteiger partial charge in [-0.2, -0.15) is 5.10 Å². The van der Waals surface area contributed by atoms with Crippen LogP contribution in [-0.2, 0) is 0 Å². The molecule has 0 aliphatic carbocycles. The molecule has 0 spiro atoms. The van der Waals surface area contributed by atoms with E-state index < -0.39 is 0 Å². The van der Waals surface area contributed by atoms with Crippen LogP contribution in [-0.4, -0.2) is 78.9 Å². The van der Waals surface area contributed by atoms with Crippen LogP contribution in [0, 0.1) is 5.82 Å². The van der Waals surface area contributed by atoms with E-state index in [0.717, 1.165) is 44.5 Å². The van der Waals surface area contributed by atoms with E-state index in [-0.39, 0.29) is 23.7 Å². The Morgan fingerprint density at radius 2 is 1.78 bits per heavy atom. The first-order valence-electron chi connectivity index (χ1n) is 12.8. The fraction of sp³-hybridized carbons (Fsp3) is 0.481. The number of hydrogen-bond acceptors (Lipinski definition) is 6. The Balaban J connectivity index is 1.35. The summed E-state index contributed by atoms with van der Waals surface area (Å²) in [6.45, 7) is 7.28. The van der Waals surface area contributed by atoms with Gasteiger partial charge < -0.3 is 14.9 Å². The maximum absolute atomic E-state index is 14.3. The molecule has 2 saturated heterocycles. The Kier molecular flexibility index (Phi) is 7.11. The van der Waals surface area contributed by atoms with Gasteiger partial charge in [-0.05, 0) is 49.8 Å². The van der Waals surface area contributed by atoms with Gasteiger partial charge >= 0.3 is 0 Å². The zero-order chi connectivity index (χ0) is 25.2. The van der Waals surface area contributed by atoms with Gasteiger partial charge in [-0.1, -0.05) is 26.0 Å². The maximum Gasteiger partial charge on any atom is 0.257 e. The van der Waals surface area contributed by atoms with E-state index in [1.165, 1.54) is 6.07 Å². The summed E-state index contributed by atoms with van der Waals surface area (Å²) < 4.78 is 16.0. The summed E-state index contributed by atoms with van der Waals surface area (Å²) in [7, 11) is 0. The number of benzene rings is 1. The molecule has 36 heavy (non-hydrogen) atoms. The molecule has 8 nitrogen and oxygen atoms in total. The lowest BCUT2D eigenvalue weighted by atomic mass is 9.98. The molecule has 1 N–H and O–H groups in total. The van der Waals surface area contributed by atoms with Crippen molar-refractivity contribution in [2.45, 2.75) is 57.6 Å². The second-order valence-electron chi connectivity index (χ2n) is 10.0. The van der Waals surface area contributed by atoms with Gasteiger partial charge in [0.2, 0.25) is 0 Å². The number of halogens is 1. The summed E-state index contributed by atoms with van der Waals surface area (Å²) in [5.41, 5.74) is 2.16. The first-order valence-corrected chi connectivity index (χ1v) is 12.8. The van der Waals surface area contributed by atoms with Crippen molar-refractivity contribution in [3.8, 4) is 17.2 Å². The highest BCUT2D eigenvalue weighted by molar-refractivity contribution is 5.95. The number of aliphatic hydroxyl groups excluding tert-OH is 1. The van der Waals surface area contributed by atoms with E-state index in [2.05, 4.69) is 20.0 Å². The second-order valence-corrected chi connectivity index (χ2v) is 10.0. The Labute approximate surface area is 210 Å². The lowest BCUT2D eigenvalue weighted by Gasteiger charge is -2.41.